The fourth-order valence-corrected chi connectivity index (χ4v) is 4.15. The summed E-state index contributed by atoms with van der Waals surface area (Å²) in [6, 6.07) is 12.5. The average molecular weight is 369 g/mol. The second-order valence-electron chi connectivity index (χ2n) is 7.13. The van der Waals surface area contributed by atoms with E-state index < -0.39 is 0 Å². The molecule has 0 bridgehead atoms. The summed E-state index contributed by atoms with van der Waals surface area (Å²) in [6.45, 7) is 4.32. The highest BCUT2D eigenvalue weighted by molar-refractivity contribution is 6.30. The molecule has 136 valence electrons. The number of aromatic nitrogens is 2. The van der Waals surface area contributed by atoms with E-state index in [-0.39, 0.29) is 0 Å². The number of hydrogen-bond donors (Lipinski definition) is 1. The van der Waals surface area contributed by atoms with Crippen molar-refractivity contribution in [2.45, 2.75) is 45.2 Å². The van der Waals surface area contributed by atoms with E-state index in [0.717, 1.165) is 40.7 Å². The molecule has 3 aromatic rings. The van der Waals surface area contributed by atoms with Crippen molar-refractivity contribution >= 4 is 22.9 Å². The van der Waals surface area contributed by atoms with Crippen LogP contribution in [-0.2, 0) is 6.54 Å². The maximum absolute atomic E-state index is 6.08. The van der Waals surface area contributed by atoms with Gasteiger partial charge < -0.3 is 10.1 Å². The summed E-state index contributed by atoms with van der Waals surface area (Å²) in [7, 11) is 0. The van der Waals surface area contributed by atoms with Crippen LogP contribution in [0.5, 0.6) is 0 Å². The first-order chi connectivity index (χ1) is 12.7. The summed E-state index contributed by atoms with van der Waals surface area (Å²) < 4.78 is 2.15. The van der Waals surface area contributed by atoms with Gasteiger partial charge in [-0.3, -0.25) is 4.90 Å². The summed E-state index contributed by atoms with van der Waals surface area (Å²) in [4.78, 5) is 7.51. The molecule has 1 fully saturated rings. The van der Waals surface area contributed by atoms with Crippen LogP contribution in [0.1, 0.15) is 38.3 Å². The second-order valence-corrected chi connectivity index (χ2v) is 7.57. The van der Waals surface area contributed by atoms with Crippen molar-refractivity contribution in [1.82, 2.24) is 14.3 Å². The van der Waals surface area contributed by atoms with Crippen LogP contribution in [0.15, 0.2) is 42.6 Å². The quantitative estimate of drug-likeness (QED) is 0.704. The Balaban J connectivity index is 1.81. The van der Waals surface area contributed by atoms with Gasteiger partial charge in [0.15, 0.2) is 0 Å². The Morgan fingerprint density at radius 1 is 1.15 bits per heavy atom. The molecule has 1 atom stereocenters. The second kappa shape index (κ2) is 7.29. The van der Waals surface area contributed by atoms with Crippen LogP contribution in [-0.4, -0.2) is 26.9 Å². The first-order valence-electron chi connectivity index (χ1n) is 9.42. The molecule has 1 aliphatic heterocycles. The maximum Gasteiger partial charge on any atom is 0.137 e. The Labute approximate surface area is 159 Å². The number of nitrogens with zero attached hydrogens (tertiary/aromatic N) is 3. The summed E-state index contributed by atoms with van der Waals surface area (Å²) in [5.41, 5.74) is 11.1. The van der Waals surface area contributed by atoms with Crippen molar-refractivity contribution in [3.05, 3.63) is 53.3 Å². The molecular weight excluding hydrogens is 344 g/mol. The summed E-state index contributed by atoms with van der Waals surface area (Å²) in [5, 5.41) is 0.741. The molecule has 0 spiro atoms. The molecule has 0 amide bonds. The number of nitrogen functional groups attached to an aromatic ring is 1. The first kappa shape index (κ1) is 17.4. The van der Waals surface area contributed by atoms with Gasteiger partial charge in [0, 0.05) is 35.1 Å². The van der Waals surface area contributed by atoms with Crippen LogP contribution >= 0.6 is 11.6 Å². The van der Waals surface area contributed by atoms with E-state index in [1.165, 1.54) is 31.4 Å². The molecule has 5 heteroatoms. The minimum absolute atomic E-state index is 0.647. The molecule has 0 radical (unpaired) electrons. The smallest absolute Gasteiger partial charge is 0.137 e. The van der Waals surface area contributed by atoms with Crippen molar-refractivity contribution in [1.29, 1.82) is 0 Å². The zero-order valence-electron chi connectivity index (χ0n) is 15.2. The Kier molecular flexibility index (Phi) is 4.88. The van der Waals surface area contributed by atoms with E-state index in [9.17, 15) is 0 Å². The lowest BCUT2D eigenvalue weighted by Gasteiger charge is -2.35. The minimum Gasteiger partial charge on any atom is -0.398 e. The van der Waals surface area contributed by atoms with Gasteiger partial charge in [0.1, 0.15) is 5.65 Å². The van der Waals surface area contributed by atoms with Crippen LogP contribution in [0, 0.1) is 0 Å². The number of hydrogen-bond acceptors (Lipinski definition) is 3. The van der Waals surface area contributed by atoms with Crippen LogP contribution < -0.4 is 5.73 Å². The molecule has 1 unspecified atom stereocenters. The zero-order chi connectivity index (χ0) is 18.1. The van der Waals surface area contributed by atoms with E-state index in [1.54, 1.807) is 0 Å². The van der Waals surface area contributed by atoms with E-state index in [2.05, 4.69) is 16.2 Å². The van der Waals surface area contributed by atoms with Crippen molar-refractivity contribution in [2.24, 2.45) is 0 Å². The molecule has 4 rings (SSSR count). The van der Waals surface area contributed by atoms with Crippen LogP contribution in [0.25, 0.3) is 16.9 Å². The lowest BCUT2D eigenvalue weighted by Crippen LogP contribution is -2.38. The number of rotatable bonds is 4. The highest BCUT2D eigenvalue weighted by Gasteiger charge is 2.24. The van der Waals surface area contributed by atoms with Crippen LogP contribution in [0.4, 0.5) is 5.69 Å². The predicted octanol–water partition coefficient (Wildman–Crippen LogP) is 5.00. The maximum atomic E-state index is 6.08. The highest BCUT2D eigenvalue weighted by Crippen LogP contribution is 2.30. The summed E-state index contributed by atoms with van der Waals surface area (Å²) in [5.74, 6) is 0. The van der Waals surface area contributed by atoms with Crippen LogP contribution in [0.3, 0.4) is 0 Å². The molecule has 0 saturated carbocycles. The van der Waals surface area contributed by atoms with Gasteiger partial charge in [-0.2, -0.15) is 0 Å². The molecule has 26 heavy (non-hydrogen) atoms. The van der Waals surface area contributed by atoms with Gasteiger partial charge in [-0.25, -0.2) is 4.98 Å². The number of imidazole rings is 1. The third kappa shape index (κ3) is 3.31. The normalized spacial score (nSPS) is 18.5. The standard InChI is InChI=1S/C21H25ClN4/c1-2-18-5-3-4-12-25(18)14-19-21(15-6-8-16(22)9-7-15)24-20-11-10-17(23)13-26(19)20/h6-11,13,18H,2-5,12,14,23H2,1H3. The van der Waals surface area contributed by atoms with Crippen molar-refractivity contribution in [3.8, 4) is 11.3 Å². The van der Waals surface area contributed by atoms with E-state index in [1.807, 2.05) is 42.6 Å². The fourth-order valence-electron chi connectivity index (χ4n) is 4.02. The summed E-state index contributed by atoms with van der Waals surface area (Å²) >= 11 is 6.08. The fraction of sp³-hybridized carbons (Fsp3) is 0.381. The highest BCUT2D eigenvalue weighted by atomic mass is 35.5. The molecule has 3 heterocycles. The lowest BCUT2D eigenvalue weighted by molar-refractivity contribution is 0.134. The molecule has 0 aliphatic carbocycles. The molecular formula is C21H25ClN4. The van der Waals surface area contributed by atoms with Crippen molar-refractivity contribution in [2.75, 3.05) is 12.3 Å². The van der Waals surface area contributed by atoms with E-state index >= 15 is 0 Å². The third-order valence-corrected chi connectivity index (χ3v) is 5.68. The number of fused-ring (bicyclic) bond motifs is 1. The molecule has 4 nitrogen and oxygen atoms in total. The molecule has 2 aromatic heterocycles. The number of pyridine rings is 1. The van der Waals surface area contributed by atoms with Gasteiger partial charge in [0.25, 0.3) is 0 Å². The number of anilines is 1. The Morgan fingerprint density at radius 3 is 2.73 bits per heavy atom. The summed E-state index contributed by atoms with van der Waals surface area (Å²) in [6.07, 6.45) is 7.06. The molecule has 1 aromatic carbocycles. The minimum atomic E-state index is 0.647. The Bertz CT molecular complexity index is 900. The van der Waals surface area contributed by atoms with Crippen molar-refractivity contribution < 1.29 is 0 Å². The van der Waals surface area contributed by atoms with Crippen molar-refractivity contribution in [3.63, 3.8) is 0 Å². The number of benzene rings is 1. The number of likely N-dealkylation sites (tertiary alicyclic amines) is 1. The van der Waals surface area contributed by atoms with Gasteiger partial charge >= 0.3 is 0 Å². The SMILES string of the molecule is CCC1CCCCN1Cc1c(-c2ccc(Cl)cc2)nc2ccc(N)cn12. The number of piperidine rings is 1. The largest absolute Gasteiger partial charge is 0.398 e. The molecule has 1 aliphatic rings. The Morgan fingerprint density at radius 2 is 1.96 bits per heavy atom. The topological polar surface area (TPSA) is 46.6 Å². The van der Waals surface area contributed by atoms with Gasteiger partial charge in [0.2, 0.25) is 0 Å². The Hall–Kier alpha value is -2.04. The van der Waals surface area contributed by atoms with E-state index in [4.69, 9.17) is 22.3 Å². The van der Waals surface area contributed by atoms with Crippen LogP contribution in [0.2, 0.25) is 5.02 Å². The predicted molar refractivity (Wildman–Crippen MR) is 108 cm³/mol. The van der Waals surface area contributed by atoms with Gasteiger partial charge in [-0.15, -0.1) is 0 Å². The molecule has 2 N–H and O–H groups in total. The van der Waals surface area contributed by atoms with E-state index in [0.29, 0.717) is 6.04 Å². The third-order valence-electron chi connectivity index (χ3n) is 5.43. The number of nitrogens with two attached hydrogens (primary N) is 1. The first-order valence-corrected chi connectivity index (χ1v) is 9.80. The molecule has 1 saturated heterocycles. The average Bonchev–Trinajstić information content (AvgIpc) is 3.00. The van der Waals surface area contributed by atoms with Gasteiger partial charge in [0.05, 0.1) is 11.4 Å². The number of halogens is 1. The van der Waals surface area contributed by atoms with Gasteiger partial charge in [-0.05, 0) is 50.1 Å². The lowest BCUT2D eigenvalue weighted by atomic mass is 9.99. The zero-order valence-corrected chi connectivity index (χ0v) is 15.9. The van der Waals surface area contributed by atoms with Gasteiger partial charge in [-0.1, -0.05) is 37.1 Å². The monoisotopic (exact) mass is 368 g/mol.